The van der Waals surface area contributed by atoms with Gasteiger partial charge in [0, 0.05) is 46.9 Å². The van der Waals surface area contributed by atoms with Gasteiger partial charge < -0.3 is 24.4 Å². The number of rotatable bonds is 1. The fourth-order valence-corrected chi connectivity index (χ4v) is 10.6. The number of hydrogen-bond acceptors (Lipinski definition) is 7. The second-order valence-corrected chi connectivity index (χ2v) is 17.8. The van der Waals surface area contributed by atoms with E-state index >= 15 is 0 Å². The molecular formula is C37H48ClN3O6S. The van der Waals surface area contributed by atoms with Gasteiger partial charge in [0.1, 0.15) is 12.4 Å². The summed E-state index contributed by atoms with van der Waals surface area (Å²) in [6.07, 6.45) is 5.26. The third-order valence-corrected chi connectivity index (χ3v) is 14.4. The average Bonchev–Trinajstić information content (AvgIpc) is 3.18. The van der Waals surface area contributed by atoms with Crippen molar-refractivity contribution < 1.29 is 28.4 Å². The molecule has 0 aromatic heterocycles. The van der Waals surface area contributed by atoms with Gasteiger partial charge in [-0.1, -0.05) is 24.6 Å². The van der Waals surface area contributed by atoms with Crippen molar-refractivity contribution in [2.75, 3.05) is 44.4 Å². The molecule has 2 bridgehead atoms. The number of hydrogen-bond donors (Lipinski definition) is 2. The van der Waals surface area contributed by atoms with Crippen LogP contribution in [-0.4, -0.2) is 88.8 Å². The summed E-state index contributed by atoms with van der Waals surface area (Å²) in [5.74, 6) is 4.37. The molecule has 260 valence electrons. The summed E-state index contributed by atoms with van der Waals surface area (Å²) >= 11 is 6.44. The van der Waals surface area contributed by atoms with Crippen molar-refractivity contribution in [2.24, 2.45) is 17.8 Å². The first-order valence-electron chi connectivity index (χ1n) is 17.5. The largest absolute Gasteiger partial charge is 0.490 e. The number of aryl methyl sites for hydroxylation is 1. The molecule has 48 heavy (non-hydrogen) atoms. The summed E-state index contributed by atoms with van der Waals surface area (Å²) in [4.78, 5) is 31.0. The maximum absolute atomic E-state index is 14.0. The molecule has 2 N–H and O–H groups in total. The molecule has 3 heterocycles. The number of amides is 2. The lowest BCUT2D eigenvalue weighted by Crippen LogP contribution is -2.53. The standard InChI is InChI=1S/C37H48ClN3O6S/c1-23-15-29(41-13-14-46-20-35(41)43)18-33(42)30-9-6-27(30)19-40-21-37(12-4-5-25-16-28(38)8-10-31(25)37)22-47-34-11-7-26(17-32(34)40)36(44)39-48(3,45)24(23)2/h7-8,10-11,16-17,23-24,27,29-30,33,42H,3-6,9,12-15,18-22H2,1-2H3,(H,39,44,45)/t23-,24+,27-,29-,30+,33+,37-,48?/m0/s1. The number of halogens is 1. The van der Waals surface area contributed by atoms with Crippen molar-refractivity contribution in [3.05, 3.63) is 58.1 Å². The van der Waals surface area contributed by atoms with Gasteiger partial charge in [0.25, 0.3) is 5.91 Å². The summed E-state index contributed by atoms with van der Waals surface area (Å²) < 4.78 is 28.9. The number of carbonyl (C=O) groups excluding carboxylic acids is 2. The Labute approximate surface area is 289 Å². The van der Waals surface area contributed by atoms with Crippen LogP contribution >= 0.6 is 11.6 Å². The zero-order valence-corrected chi connectivity index (χ0v) is 29.6. The lowest BCUT2D eigenvalue weighted by molar-refractivity contribution is -0.147. The zero-order chi connectivity index (χ0) is 33.8. The van der Waals surface area contributed by atoms with Crippen molar-refractivity contribution in [3.8, 4) is 5.75 Å². The van der Waals surface area contributed by atoms with E-state index in [0.29, 0.717) is 57.0 Å². The minimum atomic E-state index is -3.07. The third kappa shape index (κ3) is 6.34. The monoisotopic (exact) mass is 697 g/mol. The number of aliphatic hydroxyl groups is 1. The van der Waals surface area contributed by atoms with Crippen molar-refractivity contribution >= 4 is 44.7 Å². The first-order chi connectivity index (χ1) is 22.9. The molecule has 0 radical (unpaired) electrons. The van der Waals surface area contributed by atoms with E-state index in [1.54, 1.807) is 6.07 Å². The molecule has 2 amide bonds. The van der Waals surface area contributed by atoms with E-state index in [9.17, 15) is 18.9 Å². The van der Waals surface area contributed by atoms with E-state index < -0.39 is 27.0 Å². The minimum Gasteiger partial charge on any atom is -0.490 e. The first-order valence-corrected chi connectivity index (χ1v) is 19.6. The molecule has 1 saturated carbocycles. The van der Waals surface area contributed by atoms with Crippen LogP contribution in [0.25, 0.3) is 0 Å². The van der Waals surface area contributed by atoms with Gasteiger partial charge in [-0.15, -0.1) is 0 Å². The van der Waals surface area contributed by atoms with Gasteiger partial charge in [-0.05, 0) is 117 Å². The second kappa shape index (κ2) is 13.2. The van der Waals surface area contributed by atoms with Gasteiger partial charge in [-0.3, -0.25) is 14.3 Å². The van der Waals surface area contributed by atoms with Crippen LogP contribution in [0, 0.1) is 17.8 Å². The van der Waals surface area contributed by atoms with E-state index in [1.807, 2.05) is 36.9 Å². The van der Waals surface area contributed by atoms with Gasteiger partial charge in [-0.2, -0.15) is 0 Å². The highest BCUT2D eigenvalue weighted by molar-refractivity contribution is 7.99. The minimum absolute atomic E-state index is 0.0267. The maximum atomic E-state index is 14.0. The fraction of sp³-hybridized carbons (Fsp3) is 0.595. The highest BCUT2D eigenvalue weighted by Gasteiger charge is 2.45. The Morgan fingerprint density at radius 3 is 2.73 bits per heavy atom. The van der Waals surface area contributed by atoms with Gasteiger partial charge in [-0.25, -0.2) is 4.21 Å². The van der Waals surface area contributed by atoms with Gasteiger partial charge in [0.05, 0.1) is 34.7 Å². The lowest BCUT2D eigenvalue weighted by atomic mass is 9.67. The normalized spacial score (nSPS) is 35.8. The Morgan fingerprint density at radius 1 is 1.12 bits per heavy atom. The molecule has 1 spiro atoms. The molecular weight excluding hydrogens is 650 g/mol. The first kappa shape index (κ1) is 33.7. The van der Waals surface area contributed by atoms with Crippen LogP contribution in [0.2, 0.25) is 5.02 Å². The molecule has 5 aliphatic rings. The molecule has 8 atom stereocenters. The van der Waals surface area contributed by atoms with Crippen LogP contribution in [0.15, 0.2) is 36.4 Å². The molecule has 2 aromatic rings. The highest BCUT2D eigenvalue weighted by Crippen LogP contribution is 2.47. The van der Waals surface area contributed by atoms with E-state index in [1.165, 1.54) is 11.1 Å². The average molecular weight is 698 g/mol. The van der Waals surface area contributed by atoms with Crippen molar-refractivity contribution in [1.29, 1.82) is 0 Å². The number of nitrogens with zero attached hydrogens (tertiary/aromatic N) is 2. The SMILES string of the molecule is C=S1(=O)NC(=O)c2ccc3c(c2)N(C[C@@H]2CC[C@H]2[C@H](O)C[C@@H](N2CCOCC2=O)C[C@H](C)[C@H]1C)C[C@@]1(CCCc2cc(Cl)ccc21)CO3. The topological polar surface area (TPSA) is 108 Å². The Bertz CT molecular complexity index is 1680. The molecule has 2 aliphatic carbocycles. The number of fused-ring (bicyclic) bond motifs is 4. The predicted molar refractivity (Wildman–Crippen MR) is 189 cm³/mol. The molecule has 11 heteroatoms. The molecule has 3 aliphatic heterocycles. The summed E-state index contributed by atoms with van der Waals surface area (Å²) in [5.41, 5.74) is 3.49. The summed E-state index contributed by atoms with van der Waals surface area (Å²) in [6, 6.07) is 11.4. The number of benzene rings is 2. The number of aliphatic hydroxyl groups excluding tert-OH is 1. The number of morpholine rings is 1. The Morgan fingerprint density at radius 2 is 1.96 bits per heavy atom. The summed E-state index contributed by atoms with van der Waals surface area (Å²) in [6.45, 7) is 6.68. The van der Waals surface area contributed by atoms with Crippen LogP contribution in [0.3, 0.4) is 0 Å². The van der Waals surface area contributed by atoms with Crippen LogP contribution in [0.1, 0.15) is 73.9 Å². The maximum Gasteiger partial charge on any atom is 0.262 e. The number of carbonyl (C=O) groups is 2. The summed E-state index contributed by atoms with van der Waals surface area (Å²) in [7, 11) is -3.07. The van der Waals surface area contributed by atoms with Gasteiger partial charge >= 0.3 is 0 Å². The summed E-state index contributed by atoms with van der Waals surface area (Å²) in [5, 5.41) is 12.1. The highest BCUT2D eigenvalue weighted by atomic mass is 35.5. The molecule has 1 saturated heterocycles. The van der Waals surface area contributed by atoms with E-state index in [2.05, 4.69) is 27.6 Å². The van der Waals surface area contributed by atoms with E-state index in [-0.39, 0.29) is 41.7 Å². The van der Waals surface area contributed by atoms with E-state index in [0.717, 1.165) is 42.8 Å². The van der Waals surface area contributed by atoms with Gasteiger partial charge in [0.2, 0.25) is 5.91 Å². The van der Waals surface area contributed by atoms with Crippen molar-refractivity contribution in [3.63, 3.8) is 0 Å². The second-order valence-electron chi connectivity index (χ2n) is 15.0. The fourth-order valence-electron chi connectivity index (χ4n) is 8.89. The Hall–Kier alpha value is -2.79. The third-order valence-electron chi connectivity index (χ3n) is 12.0. The molecule has 1 unspecified atom stereocenters. The molecule has 2 fully saturated rings. The van der Waals surface area contributed by atoms with E-state index in [4.69, 9.17) is 21.1 Å². The predicted octanol–water partition coefficient (Wildman–Crippen LogP) is 4.61. The van der Waals surface area contributed by atoms with Crippen LogP contribution in [0.4, 0.5) is 5.69 Å². The quantitative estimate of drug-likeness (QED) is 0.420. The molecule has 2 aromatic carbocycles. The van der Waals surface area contributed by atoms with Crippen LogP contribution < -0.4 is 14.4 Å². The lowest BCUT2D eigenvalue weighted by Gasteiger charge is -2.47. The Kier molecular flexibility index (Phi) is 9.24. The smallest absolute Gasteiger partial charge is 0.262 e. The zero-order valence-electron chi connectivity index (χ0n) is 28.0. The van der Waals surface area contributed by atoms with Crippen LogP contribution in [0.5, 0.6) is 5.75 Å². The number of ether oxygens (including phenoxy) is 2. The number of anilines is 1. The molecule has 9 nitrogen and oxygen atoms in total. The molecule has 7 rings (SSSR count). The van der Waals surface area contributed by atoms with Crippen molar-refractivity contribution in [1.82, 2.24) is 9.62 Å². The Balaban J connectivity index is 1.28. The number of nitrogens with one attached hydrogen (secondary N) is 1. The van der Waals surface area contributed by atoms with Gasteiger partial charge in [0.15, 0.2) is 0 Å². The van der Waals surface area contributed by atoms with Crippen molar-refractivity contribution in [2.45, 2.75) is 81.6 Å². The van der Waals surface area contributed by atoms with Crippen LogP contribution in [-0.2, 0) is 31.1 Å².